The van der Waals surface area contributed by atoms with Crippen molar-refractivity contribution in [2.45, 2.75) is 68.2 Å². The zero-order valence-corrected chi connectivity index (χ0v) is 22.6. The quantitative estimate of drug-likeness (QED) is 0.534. The Morgan fingerprint density at radius 3 is 2.80 bits per heavy atom. The van der Waals surface area contributed by atoms with E-state index in [9.17, 15) is 28.2 Å². The molecule has 214 valence electrons. The number of carbonyl (C=O) groups excluding carboxylic acids is 1. The molecule has 1 spiro atoms. The van der Waals surface area contributed by atoms with Crippen molar-refractivity contribution >= 4 is 12.0 Å². The van der Waals surface area contributed by atoms with Crippen LogP contribution < -0.4 is 9.47 Å². The topological polar surface area (TPSA) is 82.5 Å². The lowest BCUT2D eigenvalue weighted by atomic mass is 9.45. The minimum atomic E-state index is -4.81. The van der Waals surface area contributed by atoms with Crippen LogP contribution >= 0.6 is 0 Å². The molecular formula is C30H33F3N2O5. The van der Waals surface area contributed by atoms with Crippen LogP contribution in [0.4, 0.5) is 13.2 Å². The number of carbonyl (C=O) groups is 1. The highest BCUT2D eigenvalue weighted by Gasteiger charge is 2.75. The summed E-state index contributed by atoms with van der Waals surface area (Å²) in [5.74, 6) is -0.392. The molecule has 2 bridgehead atoms. The number of alkyl halides is 3. The van der Waals surface area contributed by atoms with Gasteiger partial charge < -0.3 is 29.5 Å². The van der Waals surface area contributed by atoms with Crippen molar-refractivity contribution in [2.75, 3.05) is 20.6 Å². The van der Waals surface area contributed by atoms with E-state index in [1.807, 2.05) is 13.1 Å². The SMILES string of the molecule is CC[C@H]1C[C@@H](N(C)C(=O)C=Cc2cccc(OC(F)(F)F)c2)[C@@H]2Oc3c(O)ccc4c3[C@@]23CCN(C)[C@H](C4)[C@]13O. The highest BCUT2D eigenvalue weighted by Crippen LogP contribution is 2.67. The summed E-state index contributed by atoms with van der Waals surface area (Å²) in [5.41, 5.74) is 0.445. The van der Waals surface area contributed by atoms with E-state index in [1.54, 1.807) is 24.1 Å². The summed E-state index contributed by atoms with van der Waals surface area (Å²) in [6.45, 7) is 2.80. The van der Waals surface area contributed by atoms with Gasteiger partial charge in [-0.25, -0.2) is 0 Å². The van der Waals surface area contributed by atoms with Crippen molar-refractivity contribution in [1.82, 2.24) is 9.80 Å². The Morgan fingerprint density at radius 2 is 2.08 bits per heavy atom. The normalized spacial score (nSPS) is 32.5. The summed E-state index contributed by atoms with van der Waals surface area (Å²) < 4.78 is 48.4. The van der Waals surface area contributed by atoms with Crippen LogP contribution in [0.1, 0.15) is 42.9 Å². The van der Waals surface area contributed by atoms with Gasteiger partial charge in [0.2, 0.25) is 5.91 Å². The van der Waals surface area contributed by atoms with Crippen LogP contribution in [-0.4, -0.2) is 76.7 Å². The van der Waals surface area contributed by atoms with Gasteiger partial charge in [0, 0.05) is 24.7 Å². The summed E-state index contributed by atoms with van der Waals surface area (Å²) in [7, 11) is 3.73. The first-order valence-electron chi connectivity index (χ1n) is 13.7. The van der Waals surface area contributed by atoms with Gasteiger partial charge in [-0.1, -0.05) is 31.5 Å². The van der Waals surface area contributed by atoms with Crippen molar-refractivity contribution in [1.29, 1.82) is 0 Å². The maximum Gasteiger partial charge on any atom is 0.573 e. The van der Waals surface area contributed by atoms with Crippen molar-refractivity contribution in [2.24, 2.45) is 5.92 Å². The fourth-order valence-corrected chi connectivity index (χ4v) is 8.06. The summed E-state index contributed by atoms with van der Waals surface area (Å²) in [6.07, 6.45) is -0.0878. The fraction of sp³-hybridized carbons (Fsp3) is 0.500. The van der Waals surface area contributed by atoms with E-state index < -0.39 is 29.5 Å². The van der Waals surface area contributed by atoms with E-state index >= 15 is 0 Å². The number of hydrogen-bond acceptors (Lipinski definition) is 6. The molecule has 1 saturated heterocycles. The molecule has 0 aromatic heterocycles. The first kappa shape index (κ1) is 27.0. The number of likely N-dealkylation sites (tertiary alicyclic amines) is 1. The van der Waals surface area contributed by atoms with E-state index in [-0.39, 0.29) is 29.4 Å². The number of ether oxygens (including phenoxy) is 2. The van der Waals surface area contributed by atoms with Gasteiger partial charge in [-0.15, -0.1) is 13.2 Å². The minimum Gasteiger partial charge on any atom is -0.504 e. The lowest BCUT2D eigenvalue weighted by Crippen LogP contribution is -2.80. The standard InChI is InChI=1S/C30H33F3N2O5/c1-4-19-16-21(35(3)24(37)11-8-17-6-5-7-20(14-17)40-30(31,32)33)27-28-12-13-34(2)23(29(19,28)38)15-18-9-10-22(36)26(39-27)25(18)28/h5-11,14,19,21,23,27,36,38H,4,12-13,15-16H2,1-3H3/t19-,21+,23+,27-,28-,29+/m0/s1. The third-order valence-corrected chi connectivity index (χ3v) is 9.77. The molecule has 6 rings (SSSR count). The second kappa shape index (κ2) is 9.14. The number of amides is 1. The lowest BCUT2D eigenvalue weighted by Gasteiger charge is -2.66. The van der Waals surface area contributed by atoms with Crippen LogP contribution in [0.3, 0.4) is 0 Å². The zero-order chi connectivity index (χ0) is 28.6. The largest absolute Gasteiger partial charge is 0.573 e. The van der Waals surface area contributed by atoms with Gasteiger partial charge in [-0.2, -0.15) is 0 Å². The number of rotatable bonds is 5. The molecule has 2 aliphatic heterocycles. The van der Waals surface area contributed by atoms with Crippen molar-refractivity contribution in [3.8, 4) is 17.2 Å². The number of piperidine rings is 1. The molecule has 2 aliphatic carbocycles. The predicted molar refractivity (Wildman–Crippen MR) is 141 cm³/mol. The van der Waals surface area contributed by atoms with Crippen molar-refractivity contribution in [3.05, 3.63) is 59.2 Å². The second-order valence-corrected chi connectivity index (χ2v) is 11.5. The van der Waals surface area contributed by atoms with E-state index in [0.717, 1.165) is 17.7 Å². The molecule has 2 N–H and O–H groups in total. The molecule has 0 unspecified atom stereocenters. The number of benzene rings is 2. The minimum absolute atomic E-state index is 0.0314. The Bertz CT molecular complexity index is 1380. The van der Waals surface area contributed by atoms with E-state index in [4.69, 9.17) is 4.74 Å². The third kappa shape index (κ3) is 3.75. The highest BCUT2D eigenvalue weighted by atomic mass is 19.4. The Balaban J connectivity index is 1.35. The lowest BCUT2D eigenvalue weighted by molar-refractivity contribution is -0.274. The van der Waals surface area contributed by atoms with Gasteiger partial charge in [-0.3, -0.25) is 4.79 Å². The first-order chi connectivity index (χ1) is 18.9. The molecule has 2 fully saturated rings. The van der Waals surface area contributed by atoms with Crippen LogP contribution in [0.5, 0.6) is 17.2 Å². The first-order valence-corrected chi connectivity index (χ1v) is 13.7. The van der Waals surface area contributed by atoms with Crippen LogP contribution in [-0.2, 0) is 16.6 Å². The van der Waals surface area contributed by atoms with Gasteiger partial charge in [0.25, 0.3) is 0 Å². The number of likely N-dealkylation sites (N-methyl/N-ethyl adjacent to an activating group) is 2. The second-order valence-electron chi connectivity index (χ2n) is 11.5. The average molecular weight is 559 g/mol. The maximum absolute atomic E-state index is 13.5. The zero-order valence-electron chi connectivity index (χ0n) is 22.6. The van der Waals surface area contributed by atoms with Gasteiger partial charge in [0.05, 0.1) is 17.1 Å². The van der Waals surface area contributed by atoms with Crippen LogP contribution in [0, 0.1) is 5.92 Å². The molecule has 40 heavy (non-hydrogen) atoms. The third-order valence-electron chi connectivity index (χ3n) is 9.77. The van der Waals surface area contributed by atoms with Gasteiger partial charge in [-0.05, 0) is 74.2 Å². The molecular weight excluding hydrogens is 525 g/mol. The van der Waals surface area contributed by atoms with Crippen LogP contribution in [0.2, 0.25) is 0 Å². The van der Waals surface area contributed by atoms with Gasteiger partial charge >= 0.3 is 6.36 Å². The summed E-state index contributed by atoms with van der Waals surface area (Å²) in [5, 5.41) is 23.5. The molecule has 2 aromatic carbocycles. The molecule has 1 saturated carbocycles. The molecule has 2 aromatic rings. The molecule has 2 heterocycles. The average Bonchev–Trinajstić information content (AvgIpc) is 3.25. The number of hydrogen-bond donors (Lipinski definition) is 2. The number of phenolic OH excluding ortho intramolecular Hbond substituents is 1. The molecule has 4 aliphatic rings. The molecule has 0 radical (unpaired) electrons. The van der Waals surface area contributed by atoms with Crippen LogP contribution in [0.15, 0.2) is 42.5 Å². The monoisotopic (exact) mass is 558 g/mol. The molecule has 6 atom stereocenters. The Kier molecular flexibility index (Phi) is 6.16. The number of halogens is 3. The summed E-state index contributed by atoms with van der Waals surface area (Å²) >= 11 is 0. The highest BCUT2D eigenvalue weighted by molar-refractivity contribution is 5.92. The summed E-state index contributed by atoms with van der Waals surface area (Å²) in [4.78, 5) is 17.3. The molecule has 7 nitrogen and oxygen atoms in total. The van der Waals surface area contributed by atoms with Gasteiger partial charge in [0.1, 0.15) is 11.9 Å². The number of aliphatic hydroxyl groups is 1. The Labute approximate surface area is 230 Å². The van der Waals surface area contributed by atoms with Crippen LogP contribution in [0.25, 0.3) is 6.08 Å². The Morgan fingerprint density at radius 1 is 1.30 bits per heavy atom. The predicted octanol–water partition coefficient (Wildman–Crippen LogP) is 4.25. The number of aromatic hydroxyl groups is 1. The van der Waals surface area contributed by atoms with E-state index in [0.29, 0.717) is 37.0 Å². The maximum atomic E-state index is 13.5. The number of phenols is 1. The number of nitrogens with zero attached hydrogens (tertiary/aromatic N) is 2. The van der Waals surface area contributed by atoms with Crippen molar-refractivity contribution in [3.63, 3.8) is 0 Å². The molecule has 10 heteroatoms. The fourth-order valence-electron chi connectivity index (χ4n) is 8.06. The smallest absolute Gasteiger partial charge is 0.504 e. The summed E-state index contributed by atoms with van der Waals surface area (Å²) in [6, 6.07) is 8.47. The van der Waals surface area contributed by atoms with Crippen molar-refractivity contribution < 1.29 is 37.7 Å². The van der Waals surface area contributed by atoms with Gasteiger partial charge in [0.15, 0.2) is 11.5 Å². The Hall–Kier alpha value is -3.24. The molecule has 1 amide bonds. The van der Waals surface area contributed by atoms with E-state index in [1.165, 1.54) is 30.4 Å². The van der Waals surface area contributed by atoms with E-state index in [2.05, 4.69) is 16.6 Å².